The monoisotopic (exact) mass is 483 g/mol. The summed E-state index contributed by atoms with van der Waals surface area (Å²) in [5.41, 5.74) is 1.85. The van der Waals surface area contributed by atoms with E-state index in [1.165, 1.54) is 0 Å². The summed E-state index contributed by atoms with van der Waals surface area (Å²) in [6.07, 6.45) is 5.94. The van der Waals surface area contributed by atoms with Gasteiger partial charge in [-0.1, -0.05) is 60.7 Å². The Morgan fingerprint density at radius 2 is 1.77 bits per heavy atom. The Bertz CT molecular complexity index is 1510. The van der Waals surface area contributed by atoms with Gasteiger partial charge in [0.1, 0.15) is 0 Å². The van der Waals surface area contributed by atoms with Gasteiger partial charge < -0.3 is 0 Å². The van der Waals surface area contributed by atoms with E-state index in [2.05, 4.69) is 27.3 Å². The van der Waals surface area contributed by atoms with Gasteiger partial charge in [0.05, 0.1) is 16.5 Å². The van der Waals surface area contributed by atoms with Crippen molar-refractivity contribution in [1.82, 2.24) is 14.6 Å². The molecule has 7 rings (SSSR count). The standard InChI is InChI=1S/C29H29N3O2S/c1-2-20-19-32-17-15-22(20)18-27(32)29(25-14-16-30-26-12-6-5-11-24(25)26)31-35(33,34)28-13-7-9-21-8-3-4-10-23(21)28/h2-14,16,20,22,27,29,31H,1,15,17-19H2/t20?,22?,27?,29-/m0/s1. The SMILES string of the molecule is C=CC1CN2CCC1CC2[C@@H](NS(=O)(=O)c1cccc2ccccc12)c1ccnc2ccccc12. The number of nitrogens with zero attached hydrogens (tertiary/aromatic N) is 2. The number of para-hydroxylation sites is 1. The smallest absolute Gasteiger partial charge is 0.241 e. The second-order valence-corrected chi connectivity index (χ2v) is 11.4. The second kappa shape index (κ2) is 8.86. The van der Waals surface area contributed by atoms with Crippen molar-refractivity contribution in [3.05, 3.63) is 97.2 Å². The maximum absolute atomic E-state index is 14.0. The van der Waals surface area contributed by atoms with E-state index >= 15 is 0 Å². The first-order valence-electron chi connectivity index (χ1n) is 12.3. The topological polar surface area (TPSA) is 62.3 Å². The Morgan fingerprint density at radius 3 is 2.57 bits per heavy atom. The molecule has 0 aliphatic carbocycles. The molecule has 6 heteroatoms. The van der Waals surface area contributed by atoms with Crippen LogP contribution in [0.15, 0.2) is 96.5 Å². The van der Waals surface area contributed by atoms with Gasteiger partial charge in [-0.25, -0.2) is 13.1 Å². The van der Waals surface area contributed by atoms with Crippen LogP contribution in [-0.2, 0) is 10.0 Å². The van der Waals surface area contributed by atoms with Crippen LogP contribution in [0.3, 0.4) is 0 Å². The number of aromatic nitrogens is 1. The molecule has 0 saturated carbocycles. The van der Waals surface area contributed by atoms with Gasteiger partial charge in [0.25, 0.3) is 0 Å². The van der Waals surface area contributed by atoms with Crippen LogP contribution in [-0.4, -0.2) is 37.4 Å². The summed E-state index contributed by atoms with van der Waals surface area (Å²) in [6, 6.07) is 22.7. The molecule has 1 N–H and O–H groups in total. The number of hydrogen-bond acceptors (Lipinski definition) is 4. The van der Waals surface area contributed by atoms with Crippen molar-refractivity contribution in [3.63, 3.8) is 0 Å². The molecule has 0 radical (unpaired) electrons. The molecule has 3 aliphatic heterocycles. The summed E-state index contributed by atoms with van der Waals surface area (Å²) in [5.74, 6) is 0.990. The van der Waals surface area contributed by atoms with E-state index in [9.17, 15) is 8.42 Å². The fourth-order valence-electron chi connectivity index (χ4n) is 6.12. The molecular weight excluding hydrogens is 454 g/mol. The van der Waals surface area contributed by atoms with E-state index in [0.29, 0.717) is 16.7 Å². The lowest BCUT2D eigenvalue weighted by molar-refractivity contribution is 0.00491. The third-order valence-electron chi connectivity index (χ3n) is 7.88. The molecule has 3 aliphatic rings. The molecule has 5 nitrogen and oxygen atoms in total. The Kier molecular flexibility index (Phi) is 5.67. The summed E-state index contributed by atoms with van der Waals surface area (Å²) in [5, 5.41) is 2.64. The largest absolute Gasteiger partial charge is 0.298 e. The van der Waals surface area contributed by atoms with Crippen molar-refractivity contribution in [1.29, 1.82) is 0 Å². The summed E-state index contributed by atoms with van der Waals surface area (Å²) in [7, 11) is -3.81. The molecule has 0 amide bonds. The summed E-state index contributed by atoms with van der Waals surface area (Å²) in [4.78, 5) is 7.31. The lowest BCUT2D eigenvalue weighted by Gasteiger charge is -2.51. The van der Waals surface area contributed by atoms with Crippen LogP contribution in [0.1, 0.15) is 24.4 Å². The number of hydrogen-bond donors (Lipinski definition) is 1. The van der Waals surface area contributed by atoms with Crippen LogP contribution >= 0.6 is 0 Å². The lowest BCUT2D eigenvalue weighted by Crippen LogP contribution is -2.57. The van der Waals surface area contributed by atoms with Crippen LogP contribution in [0.2, 0.25) is 0 Å². The van der Waals surface area contributed by atoms with Crippen molar-refractivity contribution in [3.8, 4) is 0 Å². The first kappa shape index (κ1) is 22.4. The van der Waals surface area contributed by atoms with Gasteiger partial charge in [0, 0.05) is 29.6 Å². The third kappa shape index (κ3) is 3.96. The van der Waals surface area contributed by atoms with Crippen molar-refractivity contribution >= 4 is 31.7 Å². The minimum absolute atomic E-state index is 0.0699. The maximum atomic E-state index is 14.0. The number of piperidine rings is 3. The van der Waals surface area contributed by atoms with E-state index in [1.54, 1.807) is 12.3 Å². The molecular formula is C29H29N3O2S. The third-order valence-corrected chi connectivity index (χ3v) is 9.38. The van der Waals surface area contributed by atoms with Gasteiger partial charge in [-0.3, -0.25) is 9.88 Å². The van der Waals surface area contributed by atoms with Crippen molar-refractivity contribution in [2.45, 2.75) is 29.8 Å². The zero-order valence-corrected chi connectivity index (χ0v) is 20.4. The summed E-state index contributed by atoms with van der Waals surface area (Å²) < 4.78 is 31.1. The Labute approximate surface area is 206 Å². The van der Waals surface area contributed by atoms with E-state index in [1.807, 2.05) is 66.7 Å². The molecule has 3 aromatic carbocycles. The van der Waals surface area contributed by atoms with Gasteiger partial charge in [0.2, 0.25) is 10.0 Å². The molecule has 2 bridgehead atoms. The van der Waals surface area contributed by atoms with E-state index in [4.69, 9.17) is 0 Å². The number of rotatable bonds is 6. The van der Waals surface area contributed by atoms with Gasteiger partial charge in [-0.05, 0) is 60.4 Å². The lowest BCUT2D eigenvalue weighted by atomic mass is 9.73. The highest BCUT2D eigenvalue weighted by molar-refractivity contribution is 7.89. The van der Waals surface area contributed by atoms with Crippen molar-refractivity contribution in [2.75, 3.05) is 13.1 Å². The number of nitrogens with one attached hydrogen (secondary N) is 1. The highest BCUT2D eigenvalue weighted by Crippen LogP contribution is 2.42. The molecule has 4 heterocycles. The Morgan fingerprint density at radius 1 is 1.00 bits per heavy atom. The minimum atomic E-state index is -3.81. The maximum Gasteiger partial charge on any atom is 0.241 e. The zero-order chi connectivity index (χ0) is 24.0. The second-order valence-electron chi connectivity index (χ2n) is 9.74. The highest BCUT2D eigenvalue weighted by Gasteiger charge is 2.44. The van der Waals surface area contributed by atoms with Gasteiger partial charge in [0.15, 0.2) is 0 Å². The van der Waals surface area contributed by atoms with E-state index in [0.717, 1.165) is 53.2 Å². The van der Waals surface area contributed by atoms with Crippen LogP contribution in [0, 0.1) is 11.8 Å². The molecule has 0 spiro atoms. The molecule has 35 heavy (non-hydrogen) atoms. The zero-order valence-electron chi connectivity index (χ0n) is 19.5. The van der Waals surface area contributed by atoms with Crippen LogP contribution in [0.25, 0.3) is 21.7 Å². The van der Waals surface area contributed by atoms with Crippen LogP contribution in [0.5, 0.6) is 0 Å². The number of pyridine rings is 1. The average Bonchev–Trinajstić information content (AvgIpc) is 2.91. The quantitative estimate of drug-likeness (QED) is 0.378. The highest BCUT2D eigenvalue weighted by atomic mass is 32.2. The van der Waals surface area contributed by atoms with Crippen LogP contribution in [0.4, 0.5) is 0 Å². The Hall–Kier alpha value is -3.06. The molecule has 4 aromatic rings. The molecule has 4 unspecified atom stereocenters. The normalized spacial score (nSPS) is 25.0. The van der Waals surface area contributed by atoms with Crippen LogP contribution < -0.4 is 4.72 Å². The summed E-state index contributed by atoms with van der Waals surface area (Å²) in [6.45, 7) is 5.96. The fraction of sp³-hybridized carbons (Fsp3) is 0.276. The summed E-state index contributed by atoms with van der Waals surface area (Å²) >= 11 is 0. The molecule has 3 fully saturated rings. The first-order valence-corrected chi connectivity index (χ1v) is 13.7. The minimum Gasteiger partial charge on any atom is -0.298 e. The van der Waals surface area contributed by atoms with Crippen molar-refractivity contribution in [2.24, 2.45) is 11.8 Å². The molecule has 1 aromatic heterocycles. The van der Waals surface area contributed by atoms with Gasteiger partial charge in [-0.2, -0.15) is 0 Å². The predicted octanol–water partition coefficient (Wildman–Crippen LogP) is 5.30. The number of fused-ring (bicyclic) bond motifs is 5. The molecule has 5 atom stereocenters. The number of sulfonamides is 1. The van der Waals surface area contributed by atoms with Gasteiger partial charge in [-0.15, -0.1) is 6.58 Å². The molecule has 3 saturated heterocycles. The molecule has 178 valence electrons. The predicted molar refractivity (Wildman–Crippen MR) is 141 cm³/mol. The fourth-order valence-corrected chi connectivity index (χ4v) is 7.60. The number of benzene rings is 3. The van der Waals surface area contributed by atoms with E-state index in [-0.39, 0.29) is 12.1 Å². The van der Waals surface area contributed by atoms with Gasteiger partial charge >= 0.3 is 0 Å². The Balaban J connectivity index is 1.47. The van der Waals surface area contributed by atoms with Crippen molar-refractivity contribution < 1.29 is 8.42 Å². The first-order chi connectivity index (χ1) is 17.0. The van der Waals surface area contributed by atoms with E-state index < -0.39 is 10.0 Å². The average molecular weight is 484 g/mol.